The SMILES string of the molecule is CC/C(=C(\CN1CCNCC1)C(C)(Cl)N1CCCCC1)c1ccccc1C. The number of benzene rings is 1. The Morgan fingerprint density at radius 2 is 1.74 bits per heavy atom. The van der Waals surface area contributed by atoms with Gasteiger partial charge in [-0.2, -0.15) is 0 Å². The summed E-state index contributed by atoms with van der Waals surface area (Å²) < 4.78 is 0. The van der Waals surface area contributed by atoms with Gasteiger partial charge in [-0.1, -0.05) is 49.2 Å². The molecule has 2 saturated heterocycles. The van der Waals surface area contributed by atoms with E-state index in [1.54, 1.807) is 0 Å². The van der Waals surface area contributed by atoms with Gasteiger partial charge in [0.25, 0.3) is 0 Å². The summed E-state index contributed by atoms with van der Waals surface area (Å²) in [5.41, 5.74) is 5.56. The molecule has 27 heavy (non-hydrogen) atoms. The summed E-state index contributed by atoms with van der Waals surface area (Å²) in [6.45, 7) is 14.3. The Morgan fingerprint density at radius 1 is 1.07 bits per heavy atom. The van der Waals surface area contributed by atoms with Crippen molar-refractivity contribution in [1.29, 1.82) is 0 Å². The molecule has 0 aliphatic carbocycles. The summed E-state index contributed by atoms with van der Waals surface area (Å²) in [5.74, 6) is 0. The van der Waals surface area contributed by atoms with Crippen LogP contribution in [-0.4, -0.2) is 60.6 Å². The average molecular weight is 390 g/mol. The van der Waals surface area contributed by atoms with E-state index >= 15 is 0 Å². The Bertz CT molecular complexity index is 641. The molecule has 1 aromatic rings. The molecule has 2 fully saturated rings. The van der Waals surface area contributed by atoms with Gasteiger partial charge >= 0.3 is 0 Å². The fourth-order valence-electron chi connectivity index (χ4n) is 4.59. The van der Waals surface area contributed by atoms with Crippen LogP contribution in [0.2, 0.25) is 0 Å². The van der Waals surface area contributed by atoms with E-state index in [2.05, 4.69) is 60.2 Å². The van der Waals surface area contributed by atoms with Gasteiger partial charge in [-0.3, -0.25) is 9.80 Å². The normalized spacial score (nSPS) is 23.0. The average Bonchev–Trinajstić information content (AvgIpc) is 2.70. The summed E-state index contributed by atoms with van der Waals surface area (Å²) in [6, 6.07) is 8.79. The minimum Gasteiger partial charge on any atom is -0.314 e. The monoisotopic (exact) mass is 389 g/mol. The molecular formula is C23H36ClN3. The lowest BCUT2D eigenvalue weighted by molar-refractivity contribution is 0.156. The zero-order chi connectivity index (χ0) is 19.3. The highest BCUT2D eigenvalue weighted by atomic mass is 35.5. The Hall–Kier alpha value is -0.870. The van der Waals surface area contributed by atoms with Gasteiger partial charge in [-0.05, 0) is 55.4 Å². The lowest BCUT2D eigenvalue weighted by atomic mass is 9.89. The summed E-state index contributed by atoms with van der Waals surface area (Å²) in [6.07, 6.45) is 4.87. The Labute approximate surface area is 170 Å². The van der Waals surface area contributed by atoms with E-state index < -0.39 is 5.00 Å². The first-order valence-corrected chi connectivity index (χ1v) is 11.1. The first-order chi connectivity index (χ1) is 13.0. The molecule has 1 N–H and O–H groups in total. The zero-order valence-corrected chi connectivity index (χ0v) is 18.1. The zero-order valence-electron chi connectivity index (χ0n) is 17.4. The number of piperazine rings is 1. The van der Waals surface area contributed by atoms with Crippen molar-refractivity contribution in [3.63, 3.8) is 0 Å². The first-order valence-electron chi connectivity index (χ1n) is 10.7. The van der Waals surface area contributed by atoms with Crippen molar-refractivity contribution in [2.24, 2.45) is 0 Å². The smallest absolute Gasteiger partial charge is 0.116 e. The molecule has 1 unspecified atom stereocenters. The van der Waals surface area contributed by atoms with Gasteiger partial charge in [-0.15, -0.1) is 0 Å². The lowest BCUT2D eigenvalue weighted by Gasteiger charge is -2.43. The van der Waals surface area contributed by atoms with Crippen molar-refractivity contribution in [2.75, 3.05) is 45.8 Å². The second-order valence-corrected chi connectivity index (χ2v) is 8.89. The third-order valence-electron chi connectivity index (χ3n) is 6.28. The largest absolute Gasteiger partial charge is 0.314 e. The van der Waals surface area contributed by atoms with E-state index in [-0.39, 0.29) is 0 Å². The Morgan fingerprint density at radius 3 is 2.37 bits per heavy atom. The third kappa shape index (κ3) is 4.95. The minimum absolute atomic E-state index is 0.418. The number of allylic oxidation sites excluding steroid dienone is 1. The van der Waals surface area contributed by atoms with Crippen LogP contribution in [0.1, 0.15) is 50.7 Å². The quantitative estimate of drug-likeness (QED) is 0.570. The van der Waals surface area contributed by atoms with Gasteiger partial charge < -0.3 is 5.32 Å². The van der Waals surface area contributed by atoms with Crippen LogP contribution in [-0.2, 0) is 0 Å². The molecule has 0 amide bonds. The Balaban J connectivity index is 2.02. The maximum Gasteiger partial charge on any atom is 0.116 e. The number of piperidine rings is 1. The highest BCUT2D eigenvalue weighted by Crippen LogP contribution is 2.39. The van der Waals surface area contributed by atoms with Gasteiger partial charge in [-0.25, -0.2) is 0 Å². The molecule has 3 nitrogen and oxygen atoms in total. The van der Waals surface area contributed by atoms with E-state index in [4.69, 9.17) is 11.6 Å². The molecule has 2 heterocycles. The number of likely N-dealkylation sites (tertiary alicyclic amines) is 1. The van der Waals surface area contributed by atoms with Crippen molar-refractivity contribution in [2.45, 2.75) is 51.5 Å². The van der Waals surface area contributed by atoms with Gasteiger partial charge in [0.1, 0.15) is 5.00 Å². The molecule has 0 spiro atoms. The van der Waals surface area contributed by atoms with Crippen LogP contribution in [0.3, 0.4) is 0 Å². The molecule has 2 aliphatic heterocycles. The van der Waals surface area contributed by atoms with Gasteiger partial charge in [0.2, 0.25) is 0 Å². The van der Waals surface area contributed by atoms with E-state index in [9.17, 15) is 0 Å². The van der Waals surface area contributed by atoms with Crippen LogP contribution in [0.5, 0.6) is 0 Å². The number of hydrogen-bond acceptors (Lipinski definition) is 3. The van der Waals surface area contributed by atoms with Gasteiger partial charge in [0, 0.05) is 45.8 Å². The van der Waals surface area contributed by atoms with Crippen molar-refractivity contribution in [3.8, 4) is 0 Å². The van der Waals surface area contributed by atoms with Gasteiger partial charge in [0.05, 0.1) is 0 Å². The first kappa shape index (κ1) is 20.9. The standard InChI is InChI=1S/C23H36ClN3/c1-4-20(21-11-7-6-10-19(21)2)22(18-26-16-12-25-13-17-26)23(3,24)27-14-8-5-9-15-27/h6-7,10-11,25H,4-5,8-9,12-18H2,1-3H3/b22-20-. The molecule has 150 valence electrons. The van der Waals surface area contributed by atoms with Crippen molar-refractivity contribution < 1.29 is 0 Å². The number of nitrogens with zero attached hydrogens (tertiary/aromatic N) is 2. The number of alkyl halides is 1. The topological polar surface area (TPSA) is 18.5 Å². The number of rotatable bonds is 6. The maximum atomic E-state index is 7.40. The van der Waals surface area contributed by atoms with E-state index in [0.717, 1.165) is 52.2 Å². The second-order valence-electron chi connectivity index (χ2n) is 8.15. The molecule has 0 aromatic heterocycles. The van der Waals surface area contributed by atoms with Gasteiger partial charge in [0.15, 0.2) is 0 Å². The number of halogens is 1. The minimum atomic E-state index is -0.418. The molecular weight excluding hydrogens is 354 g/mol. The molecule has 1 aromatic carbocycles. The molecule has 0 radical (unpaired) electrons. The van der Waals surface area contributed by atoms with Crippen molar-refractivity contribution in [1.82, 2.24) is 15.1 Å². The third-order valence-corrected chi connectivity index (χ3v) is 6.75. The van der Waals surface area contributed by atoms with Crippen LogP contribution in [0.15, 0.2) is 29.8 Å². The summed E-state index contributed by atoms with van der Waals surface area (Å²) >= 11 is 7.40. The van der Waals surface area contributed by atoms with Crippen molar-refractivity contribution in [3.05, 3.63) is 41.0 Å². The predicted molar refractivity (Wildman–Crippen MR) is 117 cm³/mol. The fourth-order valence-corrected chi connectivity index (χ4v) is 4.93. The maximum absolute atomic E-state index is 7.40. The van der Waals surface area contributed by atoms with E-state index in [1.165, 1.54) is 41.5 Å². The van der Waals surface area contributed by atoms with Crippen molar-refractivity contribution >= 4 is 17.2 Å². The predicted octanol–water partition coefficient (Wildman–Crippen LogP) is 4.50. The molecule has 0 bridgehead atoms. The van der Waals surface area contributed by atoms with Crippen LogP contribution < -0.4 is 5.32 Å². The van der Waals surface area contributed by atoms with Crippen LogP contribution in [0.25, 0.3) is 5.57 Å². The summed E-state index contributed by atoms with van der Waals surface area (Å²) in [7, 11) is 0. The van der Waals surface area contributed by atoms with E-state index in [0.29, 0.717) is 0 Å². The molecule has 1 atom stereocenters. The fraction of sp³-hybridized carbons (Fsp3) is 0.652. The molecule has 3 rings (SSSR count). The number of nitrogens with one attached hydrogen (secondary N) is 1. The van der Waals surface area contributed by atoms with Crippen LogP contribution >= 0.6 is 11.6 Å². The summed E-state index contributed by atoms with van der Waals surface area (Å²) in [5, 5.41) is 3.47. The lowest BCUT2D eigenvalue weighted by Crippen LogP contribution is -2.51. The second kappa shape index (κ2) is 9.56. The van der Waals surface area contributed by atoms with E-state index in [1.807, 2.05) is 0 Å². The molecule has 0 saturated carbocycles. The number of hydrogen-bond donors (Lipinski definition) is 1. The highest BCUT2D eigenvalue weighted by Gasteiger charge is 2.37. The molecule has 2 aliphatic rings. The Kier molecular flexibility index (Phi) is 7.38. The van der Waals surface area contributed by atoms with Crippen LogP contribution in [0, 0.1) is 6.92 Å². The number of aryl methyl sites for hydroxylation is 1. The summed E-state index contributed by atoms with van der Waals surface area (Å²) in [4.78, 5) is 4.67. The van der Waals surface area contributed by atoms with Crippen LogP contribution in [0.4, 0.5) is 0 Å². The highest BCUT2D eigenvalue weighted by molar-refractivity contribution is 6.26. The molecule has 4 heteroatoms.